The Labute approximate surface area is 194 Å². The van der Waals surface area contributed by atoms with Gasteiger partial charge in [0.1, 0.15) is 0 Å². The molecule has 0 bridgehead atoms. The van der Waals surface area contributed by atoms with Crippen molar-refractivity contribution in [2.75, 3.05) is 0 Å². The van der Waals surface area contributed by atoms with Crippen LogP contribution in [-0.2, 0) is 32.8 Å². The second-order valence-corrected chi connectivity index (χ2v) is 8.35. The molecule has 0 amide bonds. The molecule has 0 nitrogen and oxygen atoms in total. The molecule has 0 saturated heterocycles. The quantitative estimate of drug-likeness (QED) is 0.318. The molecule has 3 aromatic rings. The van der Waals surface area contributed by atoms with Gasteiger partial charge >= 0.3 is 37.6 Å². The predicted octanol–water partition coefficient (Wildman–Crippen LogP) is 0.559. The summed E-state index contributed by atoms with van der Waals surface area (Å²) >= 11 is 2.08. The molecule has 0 saturated carbocycles. The van der Waals surface area contributed by atoms with Gasteiger partial charge in [0.15, 0.2) is 0 Å². The van der Waals surface area contributed by atoms with Crippen LogP contribution in [0.1, 0.15) is 50.3 Å². The minimum Gasteiger partial charge on any atom is -1.00 e. The molecule has 148 valence electrons. The topological polar surface area (TPSA) is 0 Å². The molecule has 0 heterocycles. The number of aryl methyl sites for hydroxylation is 1. The average Bonchev–Trinajstić information content (AvgIpc) is 3.27. The van der Waals surface area contributed by atoms with Crippen molar-refractivity contribution in [2.45, 2.75) is 46.5 Å². The van der Waals surface area contributed by atoms with Gasteiger partial charge < -0.3 is 24.8 Å². The molecule has 1 aliphatic rings. The first-order valence-electron chi connectivity index (χ1n) is 9.42. The number of rotatable bonds is 3. The summed E-state index contributed by atoms with van der Waals surface area (Å²) < 4.78 is 1.42. The van der Waals surface area contributed by atoms with Crippen molar-refractivity contribution < 1.29 is 44.8 Å². The molecule has 0 aliphatic heterocycles. The molecule has 0 atom stereocenters. The summed E-state index contributed by atoms with van der Waals surface area (Å²) in [6.45, 7) is 6.39. The van der Waals surface area contributed by atoms with Crippen molar-refractivity contribution in [3.63, 3.8) is 0 Å². The second kappa shape index (κ2) is 14.9. The van der Waals surface area contributed by atoms with Crippen molar-refractivity contribution in [1.29, 1.82) is 0 Å². The van der Waals surface area contributed by atoms with E-state index >= 15 is 0 Å². The Bertz CT molecular complexity index is 759. The van der Waals surface area contributed by atoms with E-state index in [1.807, 2.05) is 6.07 Å². The maximum Gasteiger partial charge on any atom is -0.0253 e. The smallest absolute Gasteiger partial charge is 0.0253 e. The first-order valence-corrected chi connectivity index (χ1v) is 10.2. The van der Waals surface area contributed by atoms with Gasteiger partial charge in [0.25, 0.3) is 0 Å². The van der Waals surface area contributed by atoms with Crippen LogP contribution in [0.15, 0.2) is 66.7 Å². The van der Waals surface area contributed by atoms with Gasteiger partial charge in [0.2, 0.25) is 0 Å². The second-order valence-electron chi connectivity index (χ2n) is 6.79. The summed E-state index contributed by atoms with van der Waals surface area (Å²) in [4.78, 5) is 0. The molecule has 0 aromatic heterocycles. The maximum atomic E-state index is 3.30. The van der Waals surface area contributed by atoms with E-state index in [4.69, 9.17) is 0 Å². The van der Waals surface area contributed by atoms with E-state index < -0.39 is 0 Å². The minimum absolute atomic E-state index is 0. The number of hydrogen-bond donors (Lipinski definition) is 0. The molecule has 0 spiro atoms. The Hall–Kier alpha value is -1.05. The van der Waals surface area contributed by atoms with Crippen molar-refractivity contribution in [1.82, 2.24) is 0 Å². The van der Waals surface area contributed by atoms with Crippen molar-refractivity contribution in [3.8, 4) is 11.1 Å². The fourth-order valence-electron chi connectivity index (χ4n) is 2.96. The Morgan fingerprint density at radius 1 is 0.964 bits per heavy atom. The molecule has 3 aromatic carbocycles. The Morgan fingerprint density at radius 2 is 1.57 bits per heavy atom. The van der Waals surface area contributed by atoms with Crippen LogP contribution in [0.25, 0.3) is 11.1 Å². The van der Waals surface area contributed by atoms with E-state index in [-0.39, 0.29) is 24.8 Å². The molecular weight excluding hydrogens is 419 g/mol. The van der Waals surface area contributed by atoms with Crippen LogP contribution in [0.5, 0.6) is 0 Å². The number of halogens is 2. The van der Waals surface area contributed by atoms with Crippen LogP contribution in [0.3, 0.4) is 0 Å². The number of hydrogen-bond acceptors (Lipinski definition) is 0. The van der Waals surface area contributed by atoms with Crippen LogP contribution in [0.4, 0.5) is 0 Å². The number of fused-ring (bicyclic) bond motifs is 3. The van der Waals surface area contributed by atoms with E-state index in [0.717, 1.165) is 6.42 Å². The largest absolute Gasteiger partial charge is 1.00 e. The molecule has 3 heteroatoms. The Balaban J connectivity index is 0.000000432. The van der Waals surface area contributed by atoms with Crippen LogP contribution in [-0.4, -0.2) is 3.81 Å². The molecule has 1 aliphatic carbocycles. The average molecular weight is 447 g/mol. The monoisotopic (exact) mass is 446 g/mol. The van der Waals surface area contributed by atoms with E-state index in [1.165, 1.54) is 50.9 Å². The summed E-state index contributed by atoms with van der Waals surface area (Å²) in [5.41, 5.74) is 6.99. The first-order chi connectivity index (χ1) is 12.6. The van der Waals surface area contributed by atoms with Gasteiger partial charge in [-0.1, -0.05) is 61.6 Å². The van der Waals surface area contributed by atoms with Crippen LogP contribution in [0, 0.1) is 6.07 Å². The van der Waals surface area contributed by atoms with Gasteiger partial charge in [-0.15, -0.1) is 5.56 Å². The minimum atomic E-state index is 0. The van der Waals surface area contributed by atoms with E-state index in [0.29, 0.717) is 0 Å². The zero-order chi connectivity index (χ0) is 18.8. The zero-order valence-corrected chi connectivity index (χ0v) is 20.0. The van der Waals surface area contributed by atoms with Gasteiger partial charge in [0.05, 0.1) is 0 Å². The maximum absolute atomic E-state index is 3.30. The Morgan fingerprint density at radius 3 is 2.21 bits per heavy atom. The third-order valence-electron chi connectivity index (χ3n) is 4.17. The van der Waals surface area contributed by atoms with Crippen molar-refractivity contribution in [2.24, 2.45) is 0 Å². The van der Waals surface area contributed by atoms with Gasteiger partial charge in [-0.2, -0.15) is 47.5 Å². The van der Waals surface area contributed by atoms with Crippen LogP contribution >= 0.6 is 0 Å². The van der Waals surface area contributed by atoms with Gasteiger partial charge in [-0.05, 0) is 6.42 Å². The number of unbranched alkanes of at least 4 members (excludes halogenated alkanes) is 1. The first kappa shape index (κ1) is 27.0. The fraction of sp³-hybridized carbons (Fsp3) is 0.280. The van der Waals surface area contributed by atoms with Gasteiger partial charge in [-0.25, -0.2) is 12.1 Å². The van der Waals surface area contributed by atoms with Crippen LogP contribution in [0.2, 0.25) is 0 Å². The van der Waals surface area contributed by atoms with Gasteiger partial charge in [-0.3, -0.25) is 0 Å². The molecule has 0 unspecified atom stereocenters. The predicted molar refractivity (Wildman–Crippen MR) is 111 cm³/mol. The molecule has 28 heavy (non-hydrogen) atoms. The standard InChI is InChI=1S/C13H9.C9H13.C3H6.2ClH.Ti/c1-3-7-12-10(5-1)9-11-6-2-4-8-13(11)12;1-2-3-6-9-7-4-5-8-9;1-3-2;;;/h1-5,7-8H,9H2;4-5,7-8H,2-3,6H2,1H3;1-2H3;2*1H;/q2*-1;;;;+2/p-2. The third-order valence-corrected chi connectivity index (χ3v) is 4.17. The fourth-order valence-corrected chi connectivity index (χ4v) is 2.96. The molecule has 0 fully saturated rings. The number of benzene rings is 2. The van der Waals surface area contributed by atoms with Gasteiger partial charge in [0, 0.05) is 0 Å². The normalized spacial score (nSPS) is 9.89. The summed E-state index contributed by atoms with van der Waals surface area (Å²) in [5, 5.41) is 0. The summed E-state index contributed by atoms with van der Waals surface area (Å²) in [6.07, 6.45) is 4.92. The van der Waals surface area contributed by atoms with E-state index in [2.05, 4.69) is 107 Å². The summed E-state index contributed by atoms with van der Waals surface area (Å²) in [7, 11) is 0. The third kappa shape index (κ3) is 8.97. The van der Waals surface area contributed by atoms with E-state index in [1.54, 1.807) is 0 Å². The summed E-state index contributed by atoms with van der Waals surface area (Å²) in [6, 6.07) is 26.7. The molecule has 0 radical (unpaired) electrons. The van der Waals surface area contributed by atoms with E-state index in [9.17, 15) is 0 Å². The summed E-state index contributed by atoms with van der Waals surface area (Å²) in [5.74, 6) is 0. The molecule has 0 N–H and O–H groups in total. The zero-order valence-electron chi connectivity index (χ0n) is 16.9. The molecule has 4 rings (SSSR count). The SMILES string of the molecule is CCCC[c-]1cccc1.C[C](C)=[Ti+2].[Cl-].[Cl-].[c-]1cccc2c1Cc1ccccc1-2. The van der Waals surface area contributed by atoms with Crippen LogP contribution < -0.4 is 24.8 Å². The van der Waals surface area contributed by atoms with Crippen molar-refractivity contribution >= 4 is 3.81 Å². The molecular formula is C25H28Cl2Ti-2. The Kier molecular flexibility index (Phi) is 14.3. The van der Waals surface area contributed by atoms with Crippen molar-refractivity contribution in [3.05, 3.63) is 89.5 Å².